The van der Waals surface area contributed by atoms with Crippen LogP contribution in [0.2, 0.25) is 0 Å². The molecule has 0 spiro atoms. The zero-order valence-electron chi connectivity index (χ0n) is 16.7. The molecule has 6 nitrogen and oxygen atoms in total. The van der Waals surface area contributed by atoms with Gasteiger partial charge in [-0.05, 0) is 56.2 Å². The number of aryl methyl sites for hydroxylation is 3. The minimum Gasteiger partial charge on any atom is -0.347 e. The highest BCUT2D eigenvalue weighted by Gasteiger charge is 2.37. The van der Waals surface area contributed by atoms with Crippen molar-refractivity contribution in [2.24, 2.45) is 7.05 Å². The number of benzene rings is 2. The van der Waals surface area contributed by atoms with Gasteiger partial charge in [0.2, 0.25) is 0 Å². The Labute approximate surface area is 168 Å². The van der Waals surface area contributed by atoms with Crippen molar-refractivity contribution in [1.82, 2.24) is 9.88 Å². The number of amides is 4. The second-order valence-electron chi connectivity index (χ2n) is 7.38. The van der Waals surface area contributed by atoms with E-state index in [4.69, 9.17) is 0 Å². The van der Waals surface area contributed by atoms with Crippen LogP contribution in [0.15, 0.2) is 48.0 Å². The van der Waals surface area contributed by atoms with Crippen molar-refractivity contribution >= 4 is 40.5 Å². The summed E-state index contributed by atoms with van der Waals surface area (Å²) in [6, 6.07) is 12.5. The summed E-state index contributed by atoms with van der Waals surface area (Å²) in [5.41, 5.74) is 4.94. The van der Waals surface area contributed by atoms with Crippen LogP contribution in [0.5, 0.6) is 0 Å². The number of carbonyl (C=O) groups is 3. The van der Waals surface area contributed by atoms with Crippen molar-refractivity contribution in [2.75, 3.05) is 4.90 Å². The molecular weight excluding hydrogens is 366 g/mol. The molecule has 29 heavy (non-hydrogen) atoms. The molecule has 1 N–H and O–H groups in total. The third-order valence-electron chi connectivity index (χ3n) is 5.30. The first-order chi connectivity index (χ1) is 13.8. The molecule has 4 amide bonds. The van der Waals surface area contributed by atoms with Gasteiger partial charge in [-0.15, -0.1) is 0 Å². The van der Waals surface area contributed by atoms with Crippen molar-refractivity contribution in [3.05, 3.63) is 70.4 Å². The number of barbiturate groups is 1. The van der Waals surface area contributed by atoms with Crippen molar-refractivity contribution in [3.63, 3.8) is 0 Å². The van der Waals surface area contributed by atoms with Crippen molar-refractivity contribution < 1.29 is 14.4 Å². The third-order valence-corrected chi connectivity index (χ3v) is 5.30. The van der Waals surface area contributed by atoms with E-state index in [1.54, 1.807) is 18.2 Å². The van der Waals surface area contributed by atoms with E-state index >= 15 is 0 Å². The Balaban J connectivity index is 1.86. The van der Waals surface area contributed by atoms with Gasteiger partial charge >= 0.3 is 6.03 Å². The van der Waals surface area contributed by atoms with Gasteiger partial charge in [0.15, 0.2) is 0 Å². The van der Waals surface area contributed by atoms with E-state index in [2.05, 4.69) is 5.32 Å². The first kappa shape index (κ1) is 18.7. The number of fused-ring (bicyclic) bond motifs is 1. The minimum atomic E-state index is -0.739. The largest absolute Gasteiger partial charge is 0.347 e. The number of hydrogen-bond donors (Lipinski definition) is 1. The van der Waals surface area contributed by atoms with Crippen LogP contribution in [0.4, 0.5) is 10.5 Å². The highest BCUT2D eigenvalue weighted by molar-refractivity contribution is 6.39. The second kappa shape index (κ2) is 6.74. The van der Waals surface area contributed by atoms with E-state index in [0.717, 1.165) is 38.2 Å². The standard InChI is InChI=1S/C23H21N3O3/c1-13-9-14(2)11-16(10-13)26-22(28)19(21(27)24-23(26)29)12-18-15(3)25(4)20-8-6-5-7-17(18)20/h5-12H,1-4H3,(H,24,27,29). The Morgan fingerprint density at radius 3 is 2.28 bits per heavy atom. The van der Waals surface area contributed by atoms with Gasteiger partial charge in [0.1, 0.15) is 5.57 Å². The molecule has 0 unspecified atom stereocenters. The normalized spacial score (nSPS) is 16.1. The van der Waals surface area contributed by atoms with Gasteiger partial charge in [-0.2, -0.15) is 0 Å². The van der Waals surface area contributed by atoms with Gasteiger partial charge in [0.05, 0.1) is 5.69 Å². The molecule has 146 valence electrons. The summed E-state index contributed by atoms with van der Waals surface area (Å²) in [4.78, 5) is 39.2. The van der Waals surface area contributed by atoms with Crippen LogP contribution < -0.4 is 10.2 Å². The van der Waals surface area contributed by atoms with Gasteiger partial charge in [0, 0.05) is 29.2 Å². The molecular formula is C23H21N3O3. The van der Waals surface area contributed by atoms with E-state index in [0.29, 0.717) is 5.69 Å². The zero-order valence-corrected chi connectivity index (χ0v) is 16.7. The van der Waals surface area contributed by atoms with Crippen LogP contribution in [-0.2, 0) is 16.6 Å². The van der Waals surface area contributed by atoms with Crippen LogP contribution >= 0.6 is 0 Å². The van der Waals surface area contributed by atoms with Gasteiger partial charge in [0.25, 0.3) is 11.8 Å². The summed E-state index contributed by atoms with van der Waals surface area (Å²) in [5, 5.41) is 3.23. The van der Waals surface area contributed by atoms with E-state index in [1.807, 2.05) is 62.7 Å². The van der Waals surface area contributed by atoms with E-state index < -0.39 is 17.8 Å². The van der Waals surface area contributed by atoms with Crippen LogP contribution in [0.3, 0.4) is 0 Å². The van der Waals surface area contributed by atoms with Crippen molar-refractivity contribution in [2.45, 2.75) is 20.8 Å². The predicted molar refractivity (Wildman–Crippen MR) is 113 cm³/mol. The Bertz CT molecular complexity index is 1210. The lowest BCUT2D eigenvalue weighted by Gasteiger charge is -2.27. The number of carbonyl (C=O) groups excluding carboxylic acids is 3. The number of urea groups is 1. The lowest BCUT2D eigenvalue weighted by atomic mass is 10.0. The molecule has 0 radical (unpaired) electrons. The summed E-state index contributed by atoms with van der Waals surface area (Å²) in [6.07, 6.45) is 1.58. The average Bonchev–Trinajstić information content (AvgIpc) is 2.89. The Morgan fingerprint density at radius 1 is 0.931 bits per heavy atom. The van der Waals surface area contributed by atoms with E-state index in [9.17, 15) is 14.4 Å². The Kier molecular flexibility index (Phi) is 4.34. The molecule has 1 aromatic heterocycles. The lowest BCUT2D eigenvalue weighted by molar-refractivity contribution is -0.122. The number of nitrogens with zero attached hydrogens (tertiary/aromatic N) is 2. The first-order valence-electron chi connectivity index (χ1n) is 9.31. The summed E-state index contributed by atoms with van der Waals surface area (Å²) in [5.74, 6) is -1.32. The number of nitrogens with one attached hydrogen (secondary N) is 1. The van der Waals surface area contributed by atoms with Gasteiger partial charge < -0.3 is 4.57 Å². The SMILES string of the molecule is Cc1cc(C)cc(N2C(=O)NC(=O)C(=Cc3c(C)n(C)c4ccccc34)C2=O)c1. The summed E-state index contributed by atoms with van der Waals surface area (Å²) in [7, 11) is 1.94. The van der Waals surface area contributed by atoms with Gasteiger partial charge in [-0.3, -0.25) is 14.9 Å². The summed E-state index contributed by atoms with van der Waals surface area (Å²) < 4.78 is 2.01. The average molecular weight is 387 g/mol. The molecule has 1 saturated heterocycles. The number of imide groups is 2. The molecule has 6 heteroatoms. The zero-order chi connectivity index (χ0) is 20.9. The molecule has 1 aliphatic heterocycles. The van der Waals surface area contributed by atoms with Crippen LogP contribution in [0, 0.1) is 20.8 Å². The maximum absolute atomic E-state index is 13.2. The molecule has 0 bridgehead atoms. The quantitative estimate of drug-likeness (QED) is 0.537. The first-order valence-corrected chi connectivity index (χ1v) is 9.31. The smallest absolute Gasteiger partial charge is 0.335 e. The number of rotatable bonds is 2. The van der Waals surface area contributed by atoms with E-state index in [1.165, 1.54) is 0 Å². The monoisotopic (exact) mass is 387 g/mol. The highest BCUT2D eigenvalue weighted by atomic mass is 16.2. The molecule has 1 aliphatic rings. The highest BCUT2D eigenvalue weighted by Crippen LogP contribution is 2.29. The van der Waals surface area contributed by atoms with Crippen molar-refractivity contribution in [1.29, 1.82) is 0 Å². The Morgan fingerprint density at radius 2 is 1.59 bits per heavy atom. The molecule has 0 aliphatic carbocycles. The fourth-order valence-corrected chi connectivity index (χ4v) is 3.85. The van der Waals surface area contributed by atoms with Crippen LogP contribution in [0.25, 0.3) is 17.0 Å². The van der Waals surface area contributed by atoms with E-state index in [-0.39, 0.29) is 5.57 Å². The van der Waals surface area contributed by atoms with Crippen molar-refractivity contribution in [3.8, 4) is 0 Å². The third kappa shape index (κ3) is 3.02. The fraction of sp³-hybridized carbons (Fsp3) is 0.174. The lowest BCUT2D eigenvalue weighted by Crippen LogP contribution is -2.54. The molecule has 2 aromatic carbocycles. The molecule has 3 aromatic rings. The maximum Gasteiger partial charge on any atom is 0.335 e. The molecule has 2 heterocycles. The maximum atomic E-state index is 13.2. The van der Waals surface area contributed by atoms with Crippen LogP contribution in [-0.4, -0.2) is 22.4 Å². The molecule has 1 fully saturated rings. The van der Waals surface area contributed by atoms with Gasteiger partial charge in [-0.25, -0.2) is 9.69 Å². The summed E-state index contributed by atoms with van der Waals surface area (Å²) in [6.45, 7) is 5.72. The molecule has 0 saturated carbocycles. The topological polar surface area (TPSA) is 71.4 Å². The Hall–Kier alpha value is -3.67. The fourth-order valence-electron chi connectivity index (χ4n) is 3.85. The number of hydrogen-bond acceptors (Lipinski definition) is 3. The molecule has 0 atom stereocenters. The van der Waals surface area contributed by atoms with Gasteiger partial charge in [-0.1, -0.05) is 24.3 Å². The molecule has 4 rings (SSSR count). The number of aromatic nitrogens is 1. The number of anilines is 1. The summed E-state index contributed by atoms with van der Waals surface area (Å²) >= 11 is 0. The predicted octanol–water partition coefficient (Wildman–Crippen LogP) is 3.77. The second-order valence-corrected chi connectivity index (χ2v) is 7.38. The van der Waals surface area contributed by atoms with Crippen LogP contribution in [0.1, 0.15) is 22.4 Å². The minimum absolute atomic E-state index is 0.0665. The number of para-hydroxylation sites is 1.